The second-order valence-electron chi connectivity index (χ2n) is 7.85. The van der Waals surface area contributed by atoms with Gasteiger partial charge in [-0.1, -0.05) is 6.07 Å². The van der Waals surface area contributed by atoms with Crippen molar-refractivity contribution in [3.05, 3.63) is 29.3 Å². The molecule has 0 aromatic heterocycles. The van der Waals surface area contributed by atoms with Crippen LogP contribution in [0.25, 0.3) is 0 Å². The van der Waals surface area contributed by atoms with E-state index >= 15 is 0 Å². The van der Waals surface area contributed by atoms with Crippen molar-refractivity contribution in [3.8, 4) is 0 Å². The summed E-state index contributed by atoms with van der Waals surface area (Å²) in [5.41, 5.74) is 10.3. The number of fused-ring (bicyclic) bond motifs is 1. The summed E-state index contributed by atoms with van der Waals surface area (Å²) in [6, 6.07) is 7.23. The molecule has 2 aliphatic heterocycles. The van der Waals surface area contributed by atoms with Crippen molar-refractivity contribution in [3.63, 3.8) is 0 Å². The molecule has 0 bridgehead atoms. The molecule has 1 saturated heterocycles. The first-order valence-corrected chi connectivity index (χ1v) is 9.73. The number of benzene rings is 1. The zero-order valence-corrected chi connectivity index (χ0v) is 16.2. The quantitative estimate of drug-likeness (QED) is 0.760. The number of hydrogen-bond donors (Lipinski definition) is 1. The first-order valence-electron chi connectivity index (χ1n) is 9.73. The van der Waals surface area contributed by atoms with Gasteiger partial charge < -0.3 is 20.4 Å². The molecule has 1 fully saturated rings. The van der Waals surface area contributed by atoms with E-state index in [0.29, 0.717) is 12.6 Å². The SMILES string of the molecule is CN1CCN(CCCCN2Cc3ccc(N(C)C)cc3C2CN)CC1. The summed E-state index contributed by atoms with van der Waals surface area (Å²) >= 11 is 0. The number of likely N-dealkylation sites (N-methyl/N-ethyl adjacent to an activating group) is 1. The second kappa shape index (κ2) is 8.49. The van der Waals surface area contributed by atoms with Crippen LogP contribution in [0.5, 0.6) is 0 Å². The van der Waals surface area contributed by atoms with Crippen LogP contribution in [0, 0.1) is 0 Å². The van der Waals surface area contributed by atoms with Crippen LogP contribution in [0.15, 0.2) is 18.2 Å². The highest BCUT2D eigenvalue weighted by molar-refractivity contribution is 5.52. The fourth-order valence-electron chi connectivity index (χ4n) is 4.07. The second-order valence-corrected chi connectivity index (χ2v) is 7.85. The van der Waals surface area contributed by atoms with E-state index in [2.05, 4.69) is 58.9 Å². The molecule has 2 aliphatic rings. The standard InChI is InChI=1S/C20H35N5/c1-22(2)18-7-6-17-16-25(20(15-21)19(17)14-18)9-5-4-8-24-12-10-23(3)11-13-24/h6-7,14,20H,4-5,8-13,15-16,21H2,1-3H3. The van der Waals surface area contributed by atoms with Crippen molar-refractivity contribution >= 4 is 5.69 Å². The van der Waals surface area contributed by atoms with E-state index in [9.17, 15) is 0 Å². The van der Waals surface area contributed by atoms with Crippen LogP contribution in [-0.4, -0.2) is 81.7 Å². The third kappa shape index (κ3) is 4.53. The number of nitrogens with zero attached hydrogens (tertiary/aromatic N) is 4. The Labute approximate surface area is 153 Å². The van der Waals surface area contributed by atoms with Gasteiger partial charge in [0.25, 0.3) is 0 Å². The van der Waals surface area contributed by atoms with E-state index < -0.39 is 0 Å². The zero-order valence-electron chi connectivity index (χ0n) is 16.2. The molecule has 0 spiro atoms. The minimum atomic E-state index is 0.388. The third-order valence-electron chi connectivity index (χ3n) is 5.81. The summed E-state index contributed by atoms with van der Waals surface area (Å²) in [6.07, 6.45) is 2.55. The smallest absolute Gasteiger partial charge is 0.0477 e. The topological polar surface area (TPSA) is 39.0 Å². The number of nitrogens with two attached hydrogens (primary N) is 1. The fourth-order valence-corrected chi connectivity index (χ4v) is 4.07. The van der Waals surface area contributed by atoms with Gasteiger partial charge >= 0.3 is 0 Å². The molecule has 140 valence electrons. The maximum atomic E-state index is 6.13. The van der Waals surface area contributed by atoms with Crippen LogP contribution >= 0.6 is 0 Å². The lowest BCUT2D eigenvalue weighted by Crippen LogP contribution is -2.44. The van der Waals surface area contributed by atoms with E-state index in [1.54, 1.807) is 0 Å². The minimum absolute atomic E-state index is 0.388. The molecule has 0 aliphatic carbocycles. The van der Waals surface area contributed by atoms with E-state index in [1.807, 2.05) is 0 Å². The van der Waals surface area contributed by atoms with E-state index in [0.717, 1.165) is 13.1 Å². The molecule has 25 heavy (non-hydrogen) atoms. The highest BCUT2D eigenvalue weighted by atomic mass is 15.2. The summed E-state index contributed by atoms with van der Waals surface area (Å²) in [5, 5.41) is 0. The predicted molar refractivity (Wildman–Crippen MR) is 106 cm³/mol. The van der Waals surface area contributed by atoms with Crippen LogP contribution in [-0.2, 0) is 6.54 Å². The Morgan fingerprint density at radius 1 is 1.08 bits per heavy atom. The molecule has 5 nitrogen and oxygen atoms in total. The first kappa shape index (κ1) is 18.6. The molecule has 0 saturated carbocycles. The molecule has 1 aromatic rings. The lowest BCUT2D eigenvalue weighted by Gasteiger charge is -2.32. The van der Waals surface area contributed by atoms with Crippen molar-refractivity contribution in [2.75, 3.05) is 71.9 Å². The van der Waals surface area contributed by atoms with Gasteiger partial charge in [0.2, 0.25) is 0 Å². The molecule has 1 unspecified atom stereocenters. The van der Waals surface area contributed by atoms with Gasteiger partial charge in [0.15, 0.2) is 0 Å². The number of unbranched alkanes of at least 4 members (excludes halogenated alkanes) is 1. The molecule has 0 radical (unpaired) electrons. The summed E-state index contributed by atoms with van der Waals surface area (Å²) < 4.78 is 0. The van der Waals surface area contributed by atoms with E-state index in [1.165, 1.54) is 62.4 Å². The number of piperazine rings is 1. The number of hydrogen-bond acceptors (Lipinski definition) is 5. The maximum Gasteiger partial charge on any atom is 0.0477 e. The van der Waals surface area contributed by atoms with Gasteiger partial charge in [0.1, 0.15) is 0 Å². The Balaban J connectivity index is 1.48. The van der Waals surface area contributed by atoms with Gasteiger partial charge in [-0.3, -0.25) is 4.90 Å². The third-order valence-corrected chi connectivity index (χ3v) is 5.81. The lowest BCUT2D eigenvalue weighted by atomic mass is 10.0. The van der Waals surface area contributed by atoms with Crippen LogP contribution in [0.4, 0.5) is 5.69 Å². The molecule has 5 heteroatoms. The maximum absolute atomic E-state index is 6.13. The van der Waals surface area contributed by atoms with E-state index in [-0.39, 0.29) is 0 Å². The monoisotopic (exact) mass is 345 g/mol. The van der Waals surface area contributed by atoms with Crippen LogP contribution in [0.2, 0.25) is 0 Å². The molecule has 1 atom stereocenters. The van der Waals surface area contributed by atoms with Gasteiger partial charge in [-0.05, 0) is 56.2 Å². The summed E-state index contributed by atoms with van der Waals surface area (Å²) in [4.78, 5) is 9.79. The number of anilines is 1. The van der Waals surface area contributed by atoms with Gasteiger partial charge in [-0.15, -0.1) is 0 Å². The van der Waals surface area contributed by atoms with Gasteiger partial charge in [-0.2, -0.15) is 0 Å². The normalized spacial score (nSPS) is 22.3. The molecular weight excluding hydrogens is 310 g/mol. The van der Waals surface area contributed by atoms with Gasteiger partial charge in [0.05, 0.1) is 0 Å². The molecule has 2 heterocycles. The Hall–Kier alpha value is -1.14. The molecule has 1 aromatic carbocycles. The minimum Gasteiger partial charge on any atom is -0.378 e. The van der Waals surface area contributed by atoms with Crippen molar-refractivity contribution in [2.45, 2.75) is 25.4 Å². The summed E-state index contributed by atoms with van der Waals surface area (Å²) in [5.74, 6) is 0. The van der Waals surface area contributed by atoms with Crippen molar-refractivity contribution in [1.82, 2.24) is 14.7 Å². The van der Waals surface area contributed by atoms with E-state index in [4.69, 9.17) is 5.73 Å². The Bertz CT molecular complexity index is 551. The molecule has 2 N–H and O–H groups in total. The molecule has 0 amide bonds. The van der Waals surface area contributed by atoms with Crippen LogP contribution in [0.1, 0.15) is 30.0 Å². The summed E-state index contributed by atoms with van der Waals surface area (Å²) in [6.45, 7) is 9.04. The van der Waals surface area contributed by atoms with Gasteiger partial charge in [0, 0.05) is 65.1 Å². The van der Waals surface area contributed by atoms with Crippen molar-refractivity contribution in [2.24, 2.45) is 5.73 Å². The Kier molecular flexibility index (Phi) is 6.34. The van der Waals surface area contributed by atoms with Crippen LogP contribution in [0.3, 0.4) is 0 Å². The van der Waals surface area contributed by atoms with Gasteiger partial charge in [-0.25, -0.2) is 0 Å². The van der Waals surface area contributed by atoms with Crippen LogP contribution < -0.4 is 10.6 Å². The predicted octanol–water partition coefficient (Wildman–Crippen LogP) is 1.60. The van der Waals surface area contributed by atoms with Crippen molar-refractivity contribution < 1.29 is 0 Å². The Morgan fingerprint density at radius 3 is 2.48 bits per heavy atom. The first-order chi connectivity index (χ1) is 12.1. The highest BCUT2D eigenvalue weighted by Gasteiger charge is 2.29. The largest absolute Gasteiger partial charge is 0.378 e. The van der Waals surface area contributed by atoms with Crippen molar-refractivity contribution in [1.29, 1.82) is 0 Å². The molecular formula is C20H35N5. The number of rotatable bonds is 7. The fraction of sp³-hybridized carbons (Fsp3) is 0.700. The Morgan fingerprint density at radius 2 is 1.80 bits per heavy atom. The average molecular weight is 346 g/mol. The molecule has 3 rings (SSSR count). The highest BCUT2D eigenvalue weighted by Crippen LogP contribution is 2.35. The zero-order chi connectivity index (χ0) is 17.8. The average Bonchev–Trinajstić information content (AvgIpc) is 2.96. The summed E-state index contributed by atoms with van der Waals surface area (Å²) in [7, 11) is 6.42. The lowest BCUT2D eigenvalue weighted by molar-refractivity contribution is 0.148.